The quantitative estimate of drug-likeness (QED) is 0.514. The van der Waals surface area contributed by atoms with Crippen molar-refractivity contribution in [2.24, 2.45) is 0 Å². The number of nitrogens with one attached hydrogen (secondary N) is 1. The second kappa shape index (κ2) is 8.20. The highest BCUT2D eigenvalue weighted by Crippen LogP contribution is 2.30. The van der Waals surface area contributed by atoms with Crippen LogP contribution in [-0.2, 0) is 11.2 Å². The third-order valence-electron chi connectivity index (χ3n) is 5.18. The lowest BCUT2D eigenvalue weighted by molar-refractivity contribution is -0.119. The minimum absolute atomic E-state index is 0.298. The van der Waals surface area contributed by atoms with E-state index in [-0.39, 0.29) is 11.5 Å². The van der Waals surface area contributed by atoms with Gasteiger partial charge in [-0.3, -0.25) is 9.59 Å². The van der Waals surface area contributed by atoms with Gasteiger partial charge in [-0.1, -0.05) is 60.7 Å². The molecule has 0 bridgehead atoms. The smallest absolute Gasteiger partial charge is 0.279 e. The second-order valence-electron chi connectivity index (χ2n) is 7.16. The van der Waals surface area contributed by atoms with Crippen molar-refractivity contribution in [1.29, 1.82) is 0 Å². The van der Waals surface area contributed by atoms with Gasteiger partial charge in [-0.2, -0.15) is 4.68 Å². The molecule has 2 aromatic heterocycles. The maximum Gasteiger partial charge on any atom is 0.279 e. The number of thiophene rings is 1. The van der Waals surface area contributed by atoms with E-state index in [4.69, 9.17) is 0 Å². The number of rotatable bonds is 5. The molecule has 1 atom stereocenters. The number of carbonyl (C=O) groups excluding carboxylic acids is 1. The van der Waals surface area contributed by atoms with E-state index in [0.29, 0.717) is 10.2 Å². The van der Waals surface area contributed by atoms with Crippen LogP contribution >= 0.6 is 11.3 Å². The van der Waals surface area contributed by atoms with Gasteiger partial charge in [0.1, 0.15) is 6.04 Å². The molecular weight excluding hydrogens is 396 g/mol. The number of fused-ring (bicyclic) bond motifs is 1. The van der Waals surface area contributed by atoms with Gasteiger partial charge in [-0.25, -0.2) is 0 Å². The summed E-state index contributed by atoms with van der Waals surface area (Å²) < 4.78 is 1.16. The monoisotopic (exact) mass is 418 g/mol. The van der Waals surface area contributed by atoms with E-state index in [2.05, 4.69) is 15.6 Å². The third-order valence-corrected chi connectivity index (χ3v) is 6.24. The van der Waals surface area contributed by atoms with Gasteiger partial charge in [-0.05, 0) is 43.0 Å². The SMILES string of the molecule is CCc1cccc(C)c1NC(=O)C(C)n1nnc2sc(-c3ccccc3)cc2c1=O. The van der Waals surface area contributed by atoms with Gasteiger partial charge >= 0.3 is 0 Å². The van der Waals surface area contributed by atoms with Crippen LogP contribution in [0.1, 0.15) is 31.0 Å². The molecule has 0 aliphatic carbocycles. The lowest BCUT2D eigenvalue weighted by Crippen LogP contribution is -2.34. The average Bonchev–Trinajstić information content (AvgIpc) is 3.21. The van der Waals surface area contributed by atoms with Crippen LogP contribution in [0.5, 0.6) is 0 Å². The van der Waals surface area contributed by atoms with Gasteiger partial charge in [0.15, 0.2) is 4.83 Å². The van der Waals surface area contributed by atoms with Crippen molar-refractivity contribution in [3.05, 3.63) is 76.1 Å². The molecule has 4 rings (SSSR count). The third kappa shape index (κ3) is 3.64. The van der Waals surface area contributed by atoms with E-state index in [1.165, 1.54) is 11.3 Å². The van der Waals surface area contributed by atoms with Gasteiger partial charge in [0.2, 0.25) is 5.91 Å². The van der Waals surface area contributed by atoms with E-state index in [1.54, 1.807) is 6.92 Å². The molecule has 1 unspecified atom stereocenters. The molecule has 7 heteroatoms. The summed E-state index contributed by atoms with van der Waals surface area (Å²) in [5, 5.41) is 11.7. The summed E-state index contributed by atoms with van der Waals surface area (Å²) in [4.78, 5) is 27.5. The molecule has 4 aromatic rings. The fourth-order valence-electron chi connectivity index (χ4n) is 3.40. The Morgan fingerprint density at radius 1 is 1.17 bits per heavy atom. The fourth-order valence-corrected chi connectivity index (χ4v) is 4.37. The van der Waals surface area contributed by atoms with Crippen LogP contribution in [0.4, 0.5) is 5.69 Å². The van der Waals surface area contributed by atoms with Crippen LogP contribution in [0, 0.1) is 6.92 Å². The summed E-state index contributed by atoms with van der Waals surface area (Å²) in [6, 6.07) is 16.8. The molecule has 0 aliphatic heterocycles. The first-order valence-corrected chi connectivity index (χ1v) is 10.6. The van der Waals surface area contributed by atoms with Crippen molar-refractivity contribution >= 4 is 33.1 Å². The molecule has 2 aromatic carbocycles. The Morgan fingerprint density at radius 2 is 1.93 bits per heavy atom. The number of nitrogens with zero attached hydrogens (tertiary/aromatic N) is 3. The van der Waals surface area contributed by atoms with E-state index in [9.17, 15) is 9.59 Å². The highest BCUT2D eigenvalue weighted by atomic mass is 32.1. The van der Waals surface area contributed by atoms with Crippen LogP contribution in [0.25, 0.3) is 20.7 Å². The average molecular weight is 419 g/mol. The molecule has 152 valence electrons. The minimum Gasteiger partial charge on any atom is -0.324 e. The zero-order valence-corrected chi connectivity index (χ0v) is 17.9. The fraction of sp³-hybridized carbons (Fsp3) is 0.217. The Balaban J connectivity index is 1.67. The van der Waals surface area contributed by atoms with Crippen molar-refractivity contribution in [2.75, 3.05) is 5.32 Å². The zero-order valence-electron chi connectivity index (χ0n) is 17.0. The van der Waals surface area contributed by atoms with Crippen LogP contribution in [0.2, 0.25) is 0 Å². The van der Waals surface area contributed by atoms with Crippen molar-refractivity contribution in [2.45, 2.75) is 33.2 Å². The maximum atomic E-state index is 13.0. The Hall–Kier alpha value is -3.32. The summed E-state index contributed by atoms with van der Waals surface area (Å²) in [6.45, 7) is 5.65. The van der Waals surface area contributed by atoms with Gasteiger partial charge in [0.05, 0.1) is 5.39 Å². The number of anilines is 1. The highest BCUT2D eigenvalue weighted by molar-refractivity contribution is 7.21. The summed E-state index contributed by atoms with van der Waals surface area (Å²) in [6.07, 6.45) is 0.800. The Kier molecular flexibility index (Phi) is 5.46. The Morgan fingerprint density at radius 3 is 2.67 bits per heavy atom. The summed E-state index contributed by atoms with van der Waals surface area (Å²) in [5.41, 5.74) is 3.52. The van der Waals surface area contributed by atoms with Crippen molar-refractivity contribution in [3.63, 3.8) is 0 Å². The normalized spacial score (nSPS) is 12.1. The predicted molar refractivity (Wildman–Crippen MR) is 121 cm³/mol. The number of benzene rings is 2. The van der Waals surface area contributed by atoms with Crippen LogP contribution in [-0.4, -0.2) is 20.9 Å². The molecule has 0 saturated carbocycles. The van der Waals surface area contributed by atoms with Gasteiger partial charge in [0.25, 0.3) is 5.56 Å². The molecule has 0 radical (unpaired) electrons. The minimum atomic E-state index is -0.793. The molecule has 1 N–H and O–H groups in total. The summed E-state index contributed by atoms with van der Waals surface area (Å²) in [5.74, 6) is -0.298. The number of hydrogen-bond acceptors (Lipinski definition) is 5. The van der Waals surface area contributed by atoms with Crippen molar-refractivity contribution in [3.8, 4) is 10.4 Å². The largest absolute Gasteiger partial charge is 0.324 e. The number of hydrogen-bond donors (Lipinski definition) is 1. The maximum absolute atomic E-state index is 13.0. The Bertz CT molecular complexity index is 1280. The topological polar surface area (TPSA) is 76.9 Å². The predicted octanol–water partition coefficient (Wildman–Crippen LogP) is 4.59. The van der Waals surface area contributed by atoms with Gasteiger partial charge in [-0.15, -0.1) is 16.4 Å². The number of aryl methyl sites for hydroxylation is 2. The van der Waals surface area contributed by atoms with E-state index in [0.717, 1.165) is 38.4 Å². The molecule has 1 amide bonds. The standard InChI is InChI=1S/C23H22N4O2S/c1-4-16-12-8-9-14(2)20(16)24-21(28)15(3)27-23(29)18-13-19(30-22(18)25-26-27)17-10-6-5-7-11-17/h5-13,15H,4H2,1-3H3,(H,24,28). The molecule has 0 spiro atoms. The second-order valence-corrected chi connectivity index (χ2v) is 8.19. The number of para-hydroxylation sites is 1. The van der Waals surface area contributed by atoms with E-state index in [1.807, 2.05) is 68.4 Å². The lowest BCUT2D eigenvalue weighted by atomic mass is 10.1. The molecule has 0 aliphatic rings. The summed E-state index contributed by atoms with van der Waals surface area (Å²) >= 11 is 1.42. The zero-order chi connectivity index (χ0) is 21.3. The Labute approximate surface area is 178 Å². The van der Waals surface area contributed by atoms with Gasteiger partial charge < -0.3 is 5.32 Å². The van der Waals surface area contributed by atoms with Crippen LogP contribution in [0.3, 0.4) is 0 Å². The lowest BCUT2D eigenvalue weighted by Gasteiger charge is -2.17. The molecule has 0 saturated heterocycles. The van der Waals surface area contributed by atoms with Gasteiger partial charge in [0, 0.05) is 10.6 Å². The van der Waals surface area contributed by atoms with Crippen LogP contribution < -0.4 is 10.9 Å². The molecular formula is C23H22N4O2S. The molecule has 30 heavy (non-hydrogen) atoms. The molecule has 0 fully saturated rings. The first kappa shape index (κ1) is 20.0. The molecule has 6 nitrogen and oxygen atoms in total. The van der Waals surface area contributed by atoms with Crippen molar-refractivity contribution < 1.29 is 4.79 Å². The number of aromatic nitrogens is 3. The van der Waals surface area contributed by atoms with E-state index < -0.39 is 6.04 Å². The number of carbonyl (C=O) groups is 1. The van der Waals surface area contributed by atoms with Crippen LogP contribution in [0.15, 0.2) is 59.4 Å². The summed E-state index contributed by atoms with van der Waals surface area (Å²) in [7, 11) is 0. The molecule has 2 heterocycles. The van der Waals surface area contributed by atoms with E-state index >= 15 is 0 Å². The highest BCUT2D eigenvalue weighted by Gasteiger charge is 2.21. The number of amides is 1. The van der Waals surface area contributed by atoms with Crippen molar-refractivity contribution in [1.82, 2.24) is 15.0 Å². The first-order chi connectivity index (χ1) is 14.5. The first-order valence-electron chi connectivity index (χ1n) is 9.83.